The first-order chi connectivity index (χ1) is 3.06. The van der Waals surface area contributed by atoms with E-state index < -0.39 is 0 Å². The molecule has 0 bridgehead atoms. The molecule has 0 rings (SSSR count). The molecule has 2 heteroatoms. The van der Waals surface area contributed by atoms with Gasteiger partial charge in [0.15, 0.2) is 0 Å². The topological polar surface area (TPSA) is 17.1 Å². The number of alkyl halides is 1. The summed E-state index contributed by atoms with van der Waals surface area (Å²) in [6.45, 7) is 3.62. The van der Waals surface area contributed by atoms with Gasteiger partial charge in [-0.3, -0.25) is 0 Å². The van der Waals surface area contributed by atoms with Crippen LogP contribution in [0.1, 0.15) is 20.3 Å². The molecule has 0 aliphatic heterocycles. The van der Waals surface area contributed by atoms with Crippen molar-refractivity contribution in [1.29, 1.82) is 0 Å². The molecule has 0 aliphatic carbocycles. The highest BCUT2D eigenvalue weighted by molar-refractivity contribution is 6.24. The molecule has 0 saturated heterocycles. The predicted octanol–water partition coefficient (Wildman–Crippen LogP) is 1.59. The molecule has 0 spiro atoms. The van der Waals surface area contributed by atoms with Crippen LogP contribution in [0, 0.1) is 0 Å². The zero-order valence-corrected chi connectivity index (χ0v) is 5.33. The minimum Gasteiger partial charge on any atom is -0.303 e. The van der Waals surface area contributed by atoms with Crippen molar-refractivity contribution >= 4 is 17.9 Å². The van der Waals surface area contributed by atoms with Crippen molar-refractivity contribution in [3.8, 4) is 0 Å². The lowest BCUT2D eigenvalue weighted by Gasteiger charge is -2.08. The second kappa shape index (κ2) is 2.31. The molecule has 0 aromatic carbocycles. The van der Waals surface area contributed by atoms with E-state index in [9.17, 15) is 4.79 Å². The first-order valence-electron chi connectivity index (χ1n) is 2.19. The molecule has 0 aromatic rings. The summed E-state index contributed by atoms with van der Waals surface area (Å²) in [5.74, 6) is 0. The van der Waals surface area contributed by atoms with E-state index in [4.69, 9.17) is 11.6 Å². The zero-order chi connectivity index (χ0) is 5.91. The standard InChI is InChI=1S/C5H9ClO/c1-5(2,6)3-4-7/h4H,3H2,1-2H3. The lowest BCUT2D eigenvalue weighted by Crippen LogP contribution is -2.09. The molecule has 0 fully saturated rings. The minimum absolute atomic E-state index is 0.345. The van der Waals surface area contributed by atoms with Crippen LogP contribution in [0.4, 0.5) is 0 Å². The molecule has 0 aromatic heterocycles. The van der Waals surface area contributed by atoms with E-state index in [1.54, 1.807) is 0 Å². The van der Waals surface area contributed by atoms with Gasteiger partial charge < -0.3 is 4.79 Å². The minimum atomic E-state index is -0.345. The lowest BCUT2D eigenvalue weighted by molar-refractivity contribution is -0.108. The molecular weight excluding hydrogens is 112 g/mol. The van der Waals surface area contributed by atoms with Gasteiger partial charge in [-0.1, -0.05) is 0 Å². The van der Waals surface area contributed by atoms with Crippen molar-refractivity contribution in [3.05, 3.63) is 0 Å². The molecule has 0 saturated carbocycles. The summed E-state index contributed by atoms with van der Waals surface area (Å²) in [5.41, 5.74) is 0. The van der Waals surface area contributed by atoms with E-state index in [0.29, 0.717) is 6.42 Å². The van der Waals surface area contributed by atoms with E-state index in [-0.39, 0.29) is 4.87 Å². The first-order valence-corrected chi connectivity index (χ1v) is 2.56. The Balaban J connectivity index is 3.34. The molecule has 42 valence electrons. The fraction of sp³-hybridized carbons (Fsp3) is 0.800. The summed E-state index contributed by atoms with van der Waals surface area (Å²) in [5, 5.41) is 0. The quantitative estimate of drug-likeness (QED) is 0.400. The highest BCUT2D eigenvalue weighted by atomic mass is 35.5. The predicted molar refractivity (Wildman–Crippen MR) is 30.6 cm³/mol. The molecule has 0 amide bonds. The van der Waals surface area contributed by atoms with Gasteiger partial charge in [-0.25, -0.2) is 0 Å². The van der Waals surface area contributed by atoms with Crippen LogP contribution in [0.2, 0.25) is 0 Å². The maximum absolute atomic E-state index is 9.74. The average molecular weight is 121 g/mol. The maximum atomic E-state index is 9.74. The molecule has 0 atom stereocenters. The fourth-order valence-corrected chi connectivity index (χ4v) is 0.261. The van der Waals surface area contributed by atoms with Gasteiger partial charge in [0.2, 0.25) is 0 Å². The lowest BCUT2D eigenvalue weighted by atomic mass is 10.1. The molecule has 0 radical (unpaired) electrons. The number of hydrogen-bond acceptors (Lipinski definition) is 1. The summed E-state index contributed by atoms with van der Waals surface area (Å²) >= 11 is 5.60. The van der Waals surface area contributed by atoms with Crippen molar-refractivity contribution in [2.75, 3.05) is 0 Å². The summed E-state index contributed by atoms with van der Waals surface area (Å²) in [6.07, 6.45) is 1.25. The van der Waals surface area contributed by atoms with Crippen LogP contribution in [0.15, 0.2) is 0 Å². The van der Waals surface area contributed by atoms with Crippen molar-refractivity contribution in [2.24, 2.45) is 0 Å². The van der Waals surface area contributed by atoms with Crippen molar-refractivity contribution in [2.45, 2.75) is 25.1 Å². The van der Waals surface area contributed by atoms with Gasteiger partial charge in [0.25, 0.3) is 0 Å². The third-order valence-corrected chi connectivity index (χ3v) is 0.723. The van der Waals surface area contributed by atoms with E-state index in [1.165, 1.54) is 0 Å². The monoisotopic (exact) mass is 120 g/mol. The van der Waals surface area contributed by atoms with E-state index in [2.05, 4.69) is 0 Å². The number of aldehydes is 1. The molecule has 0 heterocycles. The van der Waals surface area contributed by atoms with Gasteiger partial charge >= 0.3 is 0 Å². The normalized spacial score (nSPS) is 11.3. The van der Waals surface area contributed by atoms with Crippen LogP contribution in [0.3, 0.4) is 0 Å². The molecule has 1 nitrogen and oxygen atoms in total. The highest BCUT2D eigenvalue weighted by Gasteiger charge is 2.10. The third kappa shape index (κ3) is 5.96. The summed E-state index contributed by atoms with van der Waals surface area (Å²) < 4.78 is 0. The Morgan fingerprint density at radius 3 is 2.14 bits per heavy atom. The number of carbonyl (C=O) groups excluding carboxylic acids is 1. The van der Waals surface area contributed by atoms with Crippen LogP contribution in [0.5, 0.6) is 0 Å². The van der Waals surface area contributed by atoms with Crippen LogP contribution in [-0.4, -0.2) is 11.2 Å². The highest BCUT2D eigenvalue weighted by Crippen LogP contribution is 2.14. The Morgan fingerprint density at radius 1 is 1.71 bits per heavy atom. The Morgan fingerprint density at radius 2 is 2.14 bits per heavy atom. The third-order valence-electron chi connectivity index (χ3n) is 0.569. The SMILES string of the molecule is CC(C)(Cl)CC=O. The molecule has 7 heavy (non-hydrogen) atoms. The maximum Gasteiger partial charge on any atom is 0.121 e. The molecule has 0 aliphatic rings. The van der Waals surface area contributed by atoms with E-state index in [1.807, 2.05) is 13.8 Å². The number of rotatable bonds is 2. The second-order valence-corrected chi connectivity index (χ2v) is 3.11. The smallest absolute Gasteiger partial charge is 0.121 e. The zero-order valence-electron chi connectivity index (χ0n) is 4.57. The summed E-state index contributed by atoms with van der Waals surface area (Å²) in [7, 11) is 0. The number of hydrogen-bond donors (Lipinski definition) is 0. The largest absolute Gasteiger partial charge is 0.303 e. The van der Waals surface area contributed by atoms with Gasteiger partial charge in [0.05, 0.1) is 0 Å². The van der Waals surface area contributed by atoms with Gasteiger partial charge in [-0.2, -0.15) is 0 Å². The first kappa shape index (κ1) is 6.96. The summed E-state index contributed by atoms with van der Waals surface area (Å²) in [4.78, 5) is 9.39. The van der Waals surface area contributed by atoms with Crippen molar-refractivity contribution in [3.63, 3.8) is 0 Å². The van der Waals surface area contributed by atoms with Crippen LogP contribution in [0.25, 0.3) is 0 Å². The Kier molecular flexibility index (Phi) is 2.30. The van der Waals surface area contributed by atoms with Gasteiger partial charge in [-0.15, -0.1) is 11.6 Å². The molecular formula is C5H9ClO. The molecule has 0 N–H and O–H groups in total. The van der Waals surface area contributed by atoms with E-state index in [0.717, 1.165) is 6.29 Å². The van der Waals surface area contributed by atoms with Gasteiger partial charge in [0, 0.05) is 11.3 Å². The second-order valence-electron chi connectivity index (χ2n) is 2.09. The Labute approximate surface area is 48.7 Å². The van der Waals surface area contributed by atoms with Crippen molar-refractivity contribution < 1.29 is 4.79 Å². The van der Waals surface area contributed by atoms with Gasteiger partial charge in [-0.05, 0) is 13.8 Å². The Hall–Kier alpha value is -0.0400. The fourth-order valence-electron chi connectivity index (χ4n) is 0.198. The Bertz CT molecular complexity index is 63.0. The van der Waals surface area contributed by atoms with Crippen LogP contribution in [-0.2, 0) is 4.79 Å². The van der Waals surface area contributed by atoms with Crippen molar-refractivity contribution in [1.82, 2.24) is 0 Å². The number of carbonyl (C=O) groups is 1. The summed E-state index contributed by atoms with van der Waals surface area (Å²) in [6, 6.07) is 0. The number of halogens is 1. The van der Waals surface area contributed by atoms with Crippen LogP contribution >= 0.6 is 11.6 Å². The van der Waals surface area contributed by atoms with Gasteiger partial charge in [0.1, 0.15) is 6.29 Å². The average Bonchev–Trinajstić information content (AvgIpc) is 1.30. The molecule has 0 unspecified atom stereocenters. The van der Waals surface area contributed by atoms with E-state index >= 15 is 0 Å². The van der Waals surface area contributed by atoms with Crippen LogP contribution < -0.4 is 0 Å².